The summed E-state index contributed by atoms with van der Waals surface area (Å²) in [5.41, 5.74) is 1.21. The summed E-state index contributed by atoms with van der Waals surface area (Å²) in [5.74, 6) is -0.129. The van der Waals surface area contributed by atoms with Gasteiger partial charge in [0.1, 0.15) is 0 Å². The molecule has 0 aliphatic rings. The fraction of sp³-hybridized carbons (Fsp3) is 0.467. The van der Waals surface area contributed by atoms with Crippen LogP contribution in [-0.2, 0) is 0 Å². The van der Waals surface area contributed by atoms with E-state index >= 15 is 0 Å². The average molecular weight is 292 g/mol. The van der Waals surface area contributed by atoms with Crippen LogP contribution >= 0.6 is 0 Å². The number of urea groups is 1. The van der Waals surface area contributed by atoms with Crippen molar-refractivity contribution in [3.8, 4) is 0 Å². The minimum absolute atomic E-state index is 0.0733. The molecular weight excluding hydrogens is 268 g/mol. The van der Waals surface area contributed by atoms with Crippen LogP contribution in [0.2, 0.25) is 0 Å². The van der Waals surface area contributed by atoms with E-state index in [0.717, 1.165) is 0 Å². The van der Waals surface area contributed by atoms with E-state index in [2.05, 4.69) is 21.3 Å². The minimum Gasteiger partial charge on any atom is -0.350 e. The molecule has 1 atom stereocenters. The van der Waals surface area contributed by atoms with Crippen molar-refractivity contribution < 1.29 is 9.59 Å². The lowest BCUT2D eigenvalue weighted by Crippen LogP contribution is -2.37. The van der Waals surface area contributed by atoms with Crippen molar-refractivity contribution >= 4 is 17.6 Å². The maximum absolute atomic E-state index is 11.9. The van der Waals surface area contributed by atoms with Gasteiger partial charge in [-0.15, -0.1) is 0 Å². The summed E-state index contributed by atoms with van der Waals surface area (Å²) in [7, 11) is 1.85. The lowest BCUT2D eigenvalue weighted by Gasteiger charge is -2.12. The molecule has 1 aromatic carbocycles. The van der Waals surface area contributed by atoms with E-state index in [1.807, 2.05) is 27.8 Å². The Morgan fingerprint density at radius 3 is 2.24 bits per heavy atom. The number of benzene rings is 1. The van der Waals surface area contributed by atoms with E-state index in [1.165, 1.54) is 0 Å². The molecule has 4 N–H and O–H groups in total. The van der Waals surface area contributed by atoms with Gasteiger partial charge < -0.3 is 21.3 Å². The second kappa shape index (κ2) is 8.26. The molecular formula is C15H24N4O2. The first-order chi connectivity index (χ1) is 9.92. The highest BCUT2D eigenvalue weighted by atomic mass is 16.2. The molecule has 3 amide bonds. The zero-order valence-electron chi connectivity index (χ0n) is 13.0. The standard InChI is InChI=1S/C15H24N4O2/c1-10(2)18-15(21)19-13-7-5-12(6-8-13)14(20)17-9-11(3)16-4/h5-8,10-11,16H,9H2,1-4H3,(H,17,20)(H2,18,19,21). The number of carbonyl (C=O) groups is 2. The summed E-state index contributed by atoms with van der Waals surface area (Å²) in [5, 5.41) is 11.3. The molecule has 0 aromatic heterocycles. The minimum atomic E-state index is -0.259. The molecule has 0 saturated carbocycles. The number of rotatable bonds is 6. The van der Waals surface area contributed by atoms with Gasteiger partial charge in [-0.3, -0.25) is 4.79 Å². The molecule has 0 saturated heterocycles. The first-order valence-corrected chi connectivity index (χ1v) is 7.05. The number of hydrogen-bond donors (Lipinski definition) is 4. The number of amides is 3. The zero-order chi connectivity index (χ0) is 15.8. The van der Waals surface area contributed by atoms with E-state index in [9.17, 15) is 9.59 Å². The van der Waals surface area contributed by atoms with Crippen molar-refractivity contribution in [3.63, 3.8) is 0 Å². The SMILES string of the molecule is CNC(C)CNC(=O)c1ccc(NC(=O)NC(C)C)cc1. The molecule has 0 spiro atoms. The molecule has 1 aromatic rings. The molecule has 0 bridgehead atoms. The van der Waals surface area contributed by atoms with Gasteiger partial charge in [0, 0.05) is 29.9 Å². The third-order valence-electron chi connectivity index (χ3n) is 2.89. The second-order valence-corrected chi connectivity index (χ2v) is 5.23. The third-order valence-corrected chi connectivity index (χ3v) is 2.89. The van der Waals surface area contributed by atoms with Crippen LogP contribution < -0.4 is 21.3 Å². The monoisotopic (exact) mass is 292 g/mol. The van der Waals surface area contributed by atoms with Crippen LogP contribution in [0.5, 0.6) is 0 Å². The second-order valence-electron chi connectivity index (χ2n) is 5.23. The van der Waals surface area contributed by atoms with E-state index in [0.29, 0.717) is 17.8 Å². The van der Waals surface area contributed by atoms with Crippen molar-refractivity contribution in [1.29, 1.82) is 0 Å². The van der Waals surface area contributed by atoms with Crippen LogP contribution in [0.15, 0.2) is 24.3 Å². The van der Waals surface area contributed by atoms with E-state index in [-0.39, 0.29) is 24.0 Å². The number of likely N-dealkylation sites (N-methyl/N-ethyl adjacent to an activating group) is 1. The smallest absolute Gasteiger partial charge is 0.319 e. The molecule has 0 fully saturated rings. The molecule has 0 heterocycles. The van der Waals surface area contributed by atoms with Crippen LogP contribution in [-0.4, -0.2) is 37.6 Å². The van der Waals surface area contributed by atoms with Gasteiger partial charge in [-0.25, -0.2) is 4.79 Å². The molecule has 1 unspecified atom stereocenters. The Morgan fingerprint density at radius 2 is 1.71 bits per heavy atom. The highest BCUT2D eigenvalue weighted by molar-refractivity contribution is 5.95. The lowest BCUT2D eigenvalue weighted by molar-refractivity contribution is 0.0950. The summed E-state index contributed by atoms with van der Waals surface area (Å²) in [6, 6.07) is 6.81. The fourth-order valence-electron chi connectivity index (χ4n) is 1.58. The molecule has 6 nitrogen and oxygen atoms in total. The van der Waals surface area contributed by atoms with Gasteiger partial charge in [0.2, 0.25) is 0 Å². The van der Waals surface area contributed by atoms with Gasteiger partial charge in [-0.05, 0) is 52.1 Å². The Kier molecular flexibility index (Phi) is 6.68. The Labute approximate surface area is 125 Å². The van der Waals surface area contributed by atoms with Gasteiger partial charge >= 0.3 is 6.03 Å². The Bertz CT molecular complexity index is 471. The molecule has 0 aliphatic heterocycles. The van der Waals surface area contributed by atoms with Gasteiger partial charge in [0.15, 0.2) is 0 Å². The van der Waals surface area contributed by atoms with E-state index < -0.39 is 0 Å². The molecule has 1 rings (SSSR count). The van der Waals surface area contributed by atoms with Gasteiger partial charge in [0.05, 0.1) is 0 Å². The highest BCUT2D eigenvalue weighted by Gasteiger charge is 2.08. The van der Waals surface area contributed by atoms with Crippen molar-refractivity contribution in [2.45, 2.75) is 32.9 Å². The van der Waals surface area contributed by atoms with Gasteiger partial charge in [-0.1, -0.05) is 0 Å². The van der Waals surface area contributed by atoms with Crippen LogP contribution in [0.1, 0.15) is 31.1 Å². The number of hydrogen-bond acceptors (Lipinski definition) is 3. The van der Waals surface area contributed by atoms with Crippen molar-refractivity contribution in [3.05, 3.63) is 29.8 Å². The molecule has 0 aliphatic carbocycles. The summed E-state index contributed by atoms with van der Waals surface area (Å²) >= 11 is 0. The summed E-state index contributed by atoms with van der Waals surface area (Å²) in [6.45, 7) is 6.32. The fourth-order valence-corrected chi connectivity index (χ4v) is 1.58. The predicted octanol–water partition coefficient (Wildman–Crippen LogP) is 1.55. The van der Waals surface area contributed by atoms with Crippen molar-refractivity contribution in [2.24, 2.45) is 0 Å². The highest BCUT2D eigenvalue weighted by Crippen LogP contribution is 2.09. The van der Waals surface area contributed by atoms with Gasteiger partial charge in [0.25, 0.3) is 5.91 Å². The van der Waals surface area contributed by atoms with Crippen molar-refractivity contribution in [2.75, 3.05) is 18.9 Å². The van der Waals surface area contributed by atoms with Gasteiger partial charge in [-0.2, -0.15) is 0 Å². The molecule has 0 radical (unpaired) electrons. The quantitative estimate of drug-likeness (QED) is 0.642. The first kappa shape index (κ1) is 17.0. The molecule has 6 heteroatoms. The van der Waals surface area contributed by atoms with Crippen LogP contribution in [0, 0.1) is 0 Å². The molecule has 21 heavy (non-hydrogen) atoms. The van der Waals surface area contributed by atoms with Crippen LogP contribution in [0.3, 0.4) is 0 Å². The summed E-state index contributed by atoms with van der Waals surface area (Å²) < 4.78 is 0. The Hall–Kier alpha value is -2.08. The van der Waals surface area contributed by atoms with E-state index in [1.54, 1.807) is 24.3 Å². The number of anilines is 1. The number of carbonyl (C=O) groups excluding carboxylic acids is 2. The van der Waals surface area contributed by atoms with Crippen molar-refractivity contribution in [1.82, 2.24) is 16.0 Å². The normalized spacial score (nSPS) is 11.9. The topological polar surface area (TPSA) is 82.3 Å². The Balaban J connectivity index is 2.53. The average Bonchev–Trinajstić information content (AvgIpc) is 2.44. The lowest BCUT2D eigenvalue weighted by atomic mass is 10.2. The predicted molar refractivity (Wildman–Crippen MR) is 84.6 cm³/mol. The summed E-state index contributed by atoms with van der Waals surface area (Å²) in [6.07, 6.45) is 0. The van der Waals surface area contributed by atoms with E-state index in [4.69, 9.17) is 0 Å². The van der Waals surface area contributed by atoms with Crippen LogP contribution in [0.4, 0.5) is 10.5 Å². The maximum Gasteiger partial charge on any atom is 0.319 e. The molecule has 116 valence electrons. The maximum atomic E-state index is 11.9. The summed E-state index contributed by atoms with van der Waals surface area (Å²) in [4.78, 5) is 23.4. The first-order valence-electron chi connectivity index (χ1n) is 7.05. The zero-order valence-corrected chi connectivity index (χ0v) is 13.0. The number of nitrogens with one attached hydrogen (secondary N) is 4. The van der Waals surface area contributed by atoms with Crippen LogP contribution in [0.25, 0.3) is 0 Å². The largest absolute Gasteiger partial charge is 0.350 e. The third kappa shape index (κ3) is 6.27. The Morgan fingerprint density at radius 1 is 1.10 bits per heavy atom.